The van der Waals surface area contributed by atoms with Crippen LogP contribution in [0.3, 0.4) is 0 Å². The number of unbranched alkanes of at least 4 members (excludes halogenated alkanes) is 26. The first-order valence-electron chi connectivity index (χ1n) is 20.0. The molecule has 5 heteroatoms. The fourth-order valence-corrected chi connectivity index (χ4v) is 6.22. The lowest BCUT2D eigenvalue weighted by Crippen LogP contribution is -2.50. The number of carbonyl (C=O) groups excluding carboxylic acids is 1. The van der Waals surface area contributed by atoms with E-state index in [2.05, 4.69) is 31.3 Å². The summed E-state index contributed by atoms with van der Waals surface area (Å²) in [4.78, 5) is 12.4. The van der Waals surface area contributed by atoms with Gasteiger partial charge < -0.3 is 20.6 Å². The standard InChI is InChI=1S/C40H79NO4/c1-3-5-7-9-11-13-15-17-19-21-22-24-26-28-30-32-34-38(43)40(45)37(36-42)41-39(44)35-33-31-29-27-25-23-20-18-16-14-12-10-8-6-4-2/h26,28,37-38,40,42-43,45H,3-25,27,29-36H2,1-2H3,(H,41,44)/b28-26+. The van der Waals surface area contributed by atoms with Crippen LogP contribution in [0, 0.1) is 0 Å². The van der Waals surface area contributed by atoms with Crippen LogP contribution >= 0.6 is 0 Å². The number of hydrogen-bond acceptors (Lipinski definition) is 4. The molecule has 0 aromatic rings. The minimum Gasteiger partial charge on any atom is -0.394 e. The molecule has 45 heavy (non-hydrogen) atoms. The van der Waals surface area contributed by atoms with Crippen molar-refractivity contribution in [2.24, 2.45) is 0 Å². The SMILES string of the molecule is CCCCCCCCCCCCC/C=C/CCCC(O)C(O)C(CO)NC(=O)CCCCCCCCCCCCCCCCC. The molecule has 5 nitrogen and oxygen atoms in total. The molecular formula is C40H79NO4. The van der Waals surface area contributed by atoms with E-state index in [4.69, 9.17) is 0 Å². The van der Waals surface area contributed by atoms with E-state index in [0.717, 1.165) is 38.5 Å². The molecule has 0 bridgehead atoms. The van der Waals surface area contributed by atoms with Gasteiger partial charge in [0, 0.05) is 6.42 Å². The summed E-state index contributed by atoms with van der Waals surface area (Å²) in [5.74, 6) is -0.152. The van der Waals surface area contributed by atoms with Gasteiger partial charge in [0.05, 0.1) is 18.8 Å². The van der Waals surface area contributed by atoms with Crippen LogP contribution in [0.4, 0.5) is 0 Å². The summed E-state index contributed by atoms with van der Waals surface area (Å²) in [7, 11) is 0. The van der Waals surface area contributed by atoms with Crippen molar-refractivity contribution in [1.29, 1.82) is 0 Å². The van der Waals surface area contributed by atoms with Gasteiger partial charge in [-0.05, 0) is 38.5 Å². The molecule has 0 aliphatic heterocycles. The molecule has 0 rings (SSSR count). The van der Waals surface area contributed by atoms with Crippen molar-refractivity contribution < 1.29 is 20.1 Å². The van der Waals surface area contributed by atoms with E-state index in [1.807, 2.05) is 0 Å². The monoisotopic (exact) mass is 638 g/mol. The number of nitrogens with one attached hydrogen (secondary N) is 1. The first kappa shape index (κ1) is 44.1. The Morgan fingerprint density at radius 3 is 1.29 bits per heavy atom. The Morgan fingerprint density at radius 2 is 0.889 bits per heavy atom. The third-order valence-electron chi connectivity index (χ3n) is 9.37. The zero-order valence-electron chi connectivity index (χ0n) is 30.3. The number of aliphatic hydroxyl groups excluding tert-OH is 3. The van der Waals surface area contributed by atoms with Crippen molar-refractivity contribution in [3.8, 4) is 0 Å². The highest BCUT2D eigenvalue weighted by atomic mass is 16.3. The molecule has 0 aliphatic carbocycles. The second kappa shape index (κ2) is 35.9. The Balaban J connectivity index is 3.68. The van der Waals surface area contributed by atoms with Gasteiger partial charge in [-0.2, -0.15) is 0 Å². The Hall–Kier alpha value is -0.910. The normalized spacial score (nSPS) is 13.8. The molecule has 0 saturated heterocycles. The van der Waals surface area contributed by atoms with Gasteiger partial charge in [-0.3, -0.25) is 4.79 Å². The molecule has 0 saturated carbocycles. The van der Waals surface area contributed by atoms with Crippen molar-refractivity contribution in [2.45, 2.75) is 231 Å². The Bertz CT molecular complexity index is 625. The molecule has 3 atom stereocenters. The number of aliphatic hydroxyl groups is 3. The number of allylic oxidation sites excluding steroid dienone is 2. The highest BCUT2D eigenvalue weighted by molar-refractivity contribution is 5.76. The number of rotatable bonds is 36. The Morgan fingerprint density at radius 1 is 0.533 bits per heavy atom. The maximum absolute atomic E-state index is 12.4. The second-order valence-electron chi connectivity index (χ2n) is 13.8. The number of hydrogen-bond donors (Lipinski definition) is 4. The minimum atomic E-state index is -1.15. The predicted molar refractivity (Wildman–Crippen MR) is 195 cm³/mol. The van der Waals surface area contributed by atoms with Crippen LogP contribution in [0.2, 0.25) is 0 Å². The summed E-state index contributed by atoms with van der Waals surface area (Å²) >= 11 is 0. The van der Waals surface area contributed by atoms with E-state index >= 15 is 0 Å². The quantitative estimate of drug-likeness (QED) is 0.0406. The zero-order valence-corrected chi connectivity index (χ0v) is 30.3. The summed E-state index contributed by atoms with van der Waals surface area (Å²) in [6, 6.07) is -0.819. The van der Waals surface area contributed by atoms with Gasteiger partial charge >= 0.3 is 0 Å². The molecular weight excluding hydrogens is 558 g/mol. The average Bonchev–Trinajstić information content (AvgIpc) is 3.04. The van der Waals surface area contributed by atoms with Gasteiger partial charge in [-0.25, -0.2) is 0 Å². The summed E-state index contributed by atoms with van der Waals surface area (Å²) < 4.78 is 0. The smallest absolute Gasteiger partial charge is 0.220 e. The lowest BCUT2D eigenvalue weighted by molar-refractivity contribution is -0.124. The van der Waals surface area contributed by atoms with Crippen LogP contribution in [0.5, 0.6) is 0 Å². The van der Waals surface area contributed by atoms with E-state index in [1.54, 1.807) is 0 Å². The highest BCUT2D eigenvalue weighted by Crippen LogP contribution is 2.15. The lowest BCUT2D eigenvalue weighted by atomic mass is 10.0. The van der Waals surface area contributed by atoms with Crippen molar-refractivity contribution in [3.05, 3.63) is 12.2 Å². The number of carbonyl (C=O) groups is 1. The maximum atomic E-state index is 12.4. The molecule has 0 radical (unpaired) electrons. The van der Waals surface area contributed by atoms with Crippen LogP contribution in [0.15, 0.2) is 12.2 Å². The molecule has 0 aliphatic rings. The third-order valence-corrected chi connectivity index (χ3v) is 9.37. The maximum Gasteiger partial charge on any atom is 0.220 e. The number of amides is 1. The Labute approximate surface area is 280 Å². The molecule has 0 spiro atoms. The molecule has 0 fully saturated rings. The summed E-state index contributed by atoms with van der Waals surface area (Å²) in [5.41, 5.74) is 0. The van der Waals surface area contributed by atoms with Gasteiger partial charge in [-0.15, -0.1) is 0 Å². The first-order chi connectivity index (χ1) is 22.1. The lowest BCUT2D eigenvalue weighted by Gasteiger charge is -2.26. The zero-order chi connectivity index (χ0) is 33.1. The van der Waals surface area contributed by atoms with Crippen LogP contribution in [-0.4, -0.2) is 46.1 Å². The van der Waals surface area contributed by atoms with Gasteiger partial charge in [0.2, 0.25) is 5.91 Å². The van der Waals surface area contributed by atoms with Gasteiger partial charge in [-0.1, -0.05) is 180 Å². The predicted octanol–water partition coefficient (Wildman–Crippen LogP) is 10.9. The minimum absolute atomic E-state index is 0.152. The molecule has 0 aromatic carbocycles. The summed E-state index contributed by atoms with van der Waals surface area (Å²) in [6.45, 7) is 4.17. The fourth-order valence-electron chi connectivity index (χ4n) is 6.22. The van der Waals surface area contributed by atoms with Crippen LogP contribution in [0.25, 0.3) is 0 Å². The van der Waals surface area contributed by atoms with Crippen molar-refractivity contribution >= 4 is 5.91 Å². The molecule has 268 valence electrons. The van der Waals surface area contributed by atoms with Crippen molar-refractivity contribution in [2.75, 3.05) is 6.61 Å². The van der Waals surface area contributed by atoms with Crippen molar-refractivity contribution in [3.63, 3.8) is 0 Å². The molecule has 0 aromatic heterocycles. The molecule has 1 amide bonds. The van der Waals surface area contributed by atoms with E-state index in [1.165, 1.54) is 148 Å². The van der Waals surface area contributed by atoms with Crippen LogP contribution in [-0.2, 0) is 4.79 Å². The molecule has 3 unspecified atom stereocenters. The van der Waals surface area contributed by atoms with E-state index in [0.29, 0.717) is 12.8 Å². The third kappa shape index (κ3) is 31.5. The first-order valence-corrected chi connectivity index (χ1v) is 20.0. The van der Waals surface area contributed by atoms with E-state index in [9.17, 15) is 20.1 Å². The molecule has 0 heterocycles. The van der Waals surface area contributed by atoms with Gasteiger partial charge in [0.15, 0.2) is 0 Å². The van der Waals surface area contributed by atoms with Gasteiger partial charge in [0.25, 0.3) is 0 Å². The van der Waals surface area contributed by atoms with E-state index in [-0.39, 0.29) is 12.5 Å². The van der Waals surface area contributed by atoms with Gasteiger partial charge in [0.1, 0.15) is 6.10 Å². The topological polar surface area (TPSA) is 89.8 Å². The van der Waals surface area contributed by atoms with E-state index < -0.39 is 18.2 Å². The van der Waals surface area contributed by atoms with Crippen LogP contribution < -0.4 is 5.32 Å². The van der Waals surface area contributed by atoms with Crippen molar-refractivity contribution in [1.82, 2.24) is 5.32 Å². The highest BCUT2D eigenvalue weighted by Gasteiger charge is 2.26. The Kier molecular flexibility index (Phi) is 35.2. The molecule has 4 N–H and O–H groups in total. The average molecular weight is 638 g/mol. The van der Waals surface area contributed by atoms with Crippen LogP contribution in [0.1, 0.15) is 213 Å². The second-order valence-corrected chi connectivity index (χ2v) is 13.8. The largest absolute Gasteiger partial charge is 0.394 e. The fraction of sp³-hybridized carbons (Fsp3) is 0.925. The summed E-state index contributed by atoms with van der Waals surface area (Å²) in [6.07, 6.45) is 40.2. The summed E-state index contributed by atoms with van der Waals surface area (Å²) in [5, 5.41) is 33.4.